The van der Waals surface area contributed by atoms with E-state index in [4.69, 9.17) is 4.74 Å². The molecule has 8 heteroatoms. The first-order valence-electron chi connectivity index (χ1n) is 9.10. The van der Waals surface area contributed by atoms with E-state index in [0.29, 0.717) is 22.2 Å². The molecule has 29 heavy (non-hydrogen) atoms. The number of para-hydroxylation sites is 1. The average molecular weight is 390 g/mol. The first-order chi connectivity index (χ1) is 14.0. The molecule has 0 fully saturated rings. The van der Waals surface area contributed by atoms with Gasteiger partial charge in [0.2, 0.25) is 0 Å². The second-order valence-corrected chi connectivity index (χ2v) is 6.64. The Morgan fingerprint density at radius 1 is 1.14 bits per heavy atom. The minimum absolute atomic E-state index is 0.00547. The Balaban J connectivity index is 1.43. The highest BCUT2D eigenvalue weighted by Crippen LogP contribution is 2.07. The fourth-order valence-corrected chi connectivity index (χ4v) is 3.09. The first-order valence-corrected chi connectivity index (χ1v) is 9.10. The minimum Gasteiger partial charge on any atom is -0.459 e. The number of carbonyl (C=O) groups excluding carboxylic acids is 1. The van der Waals surface area contributed by atoms with Gasteiger partial charge in [-0.1, -0.05) is 18.2 Å². The number of esters is 1. The fourth-order valence-electron chi connectivity index (χ4n) is 3.09. The smallest absolute Gasteiger partial charge is 0.307 e. The lowest BCUT2D eigenvalue weighted by molar-refractivity contribution is -0.145. The van der Waals surface area contributed by atoms with Gasteiger partial charge >= 0.3 is 5.97 Å². The largest absolute Gasteiger partial charge is 0.459 e. The van der Waals surface area contributed by atoms with Crippen molar-refractivity contribution >= 4 is 22.5 Å². The molecule has 0 radical (unpaired) electrons. The van der Waals surface area contributed by atoms with Gasteiger partial charge in [0.25, 0.3) is 11.1 Å². The van der Waals surface area contributed by atoms with Gasteiger partial charge in [-0.3, -0.25) is 23.4 Å². The Kier molecular flexibility index (Phi) is 4.90. The number of nitrogens with zero attached hydrogens (tertiary/aromatic N) is 4. The zero-order valence-electron chi connectivity index (χ0n) is 15.7. The van der Waals surface area contributed by atoms with E-state index in [1.807, 2.05) is 19.1 Å². The average Bonchev–Trinajstić information content (AvgIpc) is 2.73. The molecule has 0 atom stereocenters. The quantitative estimate of drug-likeness (QED) is 0.483. The van der Waals surface area contributed by atoms with Crippen LogP contribution in [0.2, 0.25) is 0 Å². The van der Waals surface area contributed by atoms with Gasteiger partial charge < -0.3 is 4.74 Å². The lowest BCUT2D eigenvalue weighted by Crippen LogP contribution is -2.22. The predicted molar refractivity (Wildman–Crippen MR) is 107 cm³/mol. The van der Waals surface area contributed by atoms with Gasteiger partial charge in [-0.05, 0) is 30.7 Å². The predicted octanol–water partition coefficient (Wildman–Crippen LogP) is 1.85. The highest BCUT2D eigenvalue weighted by atomic mass is 16.5. The van der Waals surface area contributed by atoms with Gasteiger partial charge in [0, 0.05) is 18.8 Å². The van der Waals surface area contributed by atoms with Crippen molar-refractivity contribution in [2.45, 2.75) is 26.5 Å². The highest BCUT2D eigenvalue weighted by Gasteiger charge is 2.10. The lowest BCUT2D eigenvalue weighted by Gasteiger charge is -2.08. The van der Waals surface area contributed by atoms with Crippen molar-refractivity contribution in [3.8, 4) is 0 Å². The molecule has 0 aliphatic rings. The molecule has 3 heterocycles. The standard InChI is InChI=1S/C21H18N4O4/c1-14-5-4-9-25-18(26)11-15(23-20(14)25)12-29-19(27)8-10-24-13-22-17-7-3-2-6-16(17)21(24)28/h2-7,9,11,13H,8,10,12H2,1H3. The van der Waals surface area contributed by atoms with Crippen molar-refractivity contribution in [3.63, 3.8) is 0 Å². The van der Waals surface area contributed by atoms with Gasteiger partial charge in [0.1, 0.15) is 12.3 Å². The van der Waals surface area contributed by atoms with Gasteiger partial charge in [-0.2, -0.15) is 0 Å². The second-order valence-electron chi connectivity index (χ2n) is 6.64. The normalized spacial score (nSPS) is 11.1. The number of ether oxygens (including phenoxy) is 1. The van der Waals surface area contributed by atoms with E-state index in [-0.39, 0.29) is 30.7 Å². The summed E-state index contributed by atoms with van der Waals surface area (Å²) in [6, 6.07) is 12.0. The molecular formula is C21H18N4O4. The van der Waals surface area contributed by atoms with Crippen molar-refractivity contribution < 1.29 is 9.53 Å². The molecule has 0 aliphatic heterocycles. The van der Waals surface area contributed by atoms with E-state index in [1.54, 1.807) is 30.5 Å². The third kappa shape index (κ3) is 3.77. The fraction of sp³-hybridized carbons (Fsp3) is 0.190. The Morgan fingerprint density at radius 2 is 1.97 bits per heavy atom. The first kappa shape index (κ1) is 18.5. The Hall–Kier alpha value is -3.81. The lowest BCUT2D eigenvalue weighted by atomic mass is 10.2. The topological polar surface area (TPSA) is 95.6 Å². The summed E-state index contributed by atoms with van der Waals surface area (Å²) in [4.78, 5) is 45.4. The van der Waals surface area contributed by atoms with Crippen molar-refractivity contribution in [1.82, 2.24) is 18.9 Å². The van der Waals surface area contributed by atoms with E-state index in [9.17, 15) is 14.4 Å². The number of carbonyl (C=O) groups is 1. The highest BCUT2D eigenvalue weighted by molar-refractivity contribution is 5.77. The number of benzene rings is 1. The van der Waals surface area contributed by atoms with Crippen LogP contribution in [0.15, 0.2) is 64.6 Å². The summed E-state index contributed by atoms with van der Waals surface area (Å²) >= 11 is 0. The van der Waals surface area contributed by atoms with Crippen LogP contribution in [0.1, 0.15) is 17.7 Å². The molecule has 0 unspecified atom stereocenters. The number of fused-ring (bicyclic) bond motifs is 2. The van der Waals surface area contributed by atoms with E-state index in [1.165, 1.54) is 21.4 Å². The van der Waals surface area contributed by atoms with Gasteiger partial charge in [0.15, 0.2) is 0 Å². The molecule has 4 aromatic rings. The zero-order valence-corrected chi connectivity index (χ0v) is 15.7. The molecule has 8 nitrogen and oxygen atoms in total. The summed E-state index contributed by atoms with van der Waals surface area (Å²) in [6.07, 6.45) is 3.07. The number of aromatic nitrogens is 4. The van der Waals surface area contributed by atoms with Crippen LogP contribution in [0.5, 0.6) is 0 Å². The number of aryl methyl sites for hydroxylation is 2. The van der Waals surface area contributed by atoms with Crippen LogP contribution in [-0.2, 0) is 22.7 Å². The van der Waals surface area contributed by atoms with E-state index >= 15 is 0 Å². The monoisotopic (exact) mass is 390 g/mol. The molecular weight excluding hydrogens is 372 g/mol. The summed E-state index contributed by atoms with van der Waals surface area (Å²) in [5, 5.41) is 0.500. The number of rotatable bonds is 5. The van der Waals surface area contributed by atoms with Crippen LogP contribution in [0, 0.1) is 6.92 Å². The molecule has 0 N–H and O–H groups in total. The maximum Gasteiger partial charge on any atom is 0.307 e. The molecule has 146 valence electrons. The van der Waals surface area contributed by atoms with Crippen LogP contribution in [0.25, 0.3) is 16.6 Å². The van der Waals surface area contributed by atoms with Gasteiger partial charge in [-0.25, -0.2) is 9.97 Å². The van der Waals surface area contributed by atoms with Crippen LogP contribution in [0.4, 0.5) is 0 Å². The van der Waals surface area contributed by atoms with Gasteiger partial charge in [-0.15, -0.1) is 0 Å². The van der Waals surface area contributed by atoms with Crippen molar-refractivity contribution in [2.75, 3.05) is 0 Å². The van der Waals surface area contributed by atoms with Crippen molar-refractivity contribution in [2.24, 2.45) is 0 Å². The Labute approximate surface area is 165 Å². The van der Waals surface area contributed by atoms with Gasteiger partial charge in [0.05, 0.1) is 29.3 Å². The minimum atomic E-state index is -0.489. The Morgan fingerprint density at radius 3 is 2.83 bits per heavy atom. The summed E-state index contributed by atoms with van der Waals surface area (Å²) < 4.78 is 8.06. The van der Waals surface area contributed by atoms with E-state index in [0.717, 1.165) is 5.56 Å². The van der Waals surface area contributed by atoms with Crippen molar-refractivity contribution in [3.05, 3.63) is 87.0 Å². The summed E-state index contributed by atoms with van der Waals surface area (Å²) in [5.74, 6) is -0.489. The van der Waals surface area contributed by atoms with Crippen LogP contribution < -0.4 is 11.1 Å². The SMILES string of the molecule is Cc1cccn2c(=O)cc(COC(=O)CCn3cnc4ccccc4c3=O)nc12. The van der Waals surface area contributed by atoms with Crippen LogP contribution in [0.3, 0.4) is 0 Å². The van der Waals surface area contributed by atoms with Crippen molar-refractivity contribution in [1.29, 1.82) is 0 Å². The molecule has 0 amide bonds. The third-order valence-electron chi connectivity index (χ3n) is 4.61. The summed E-state index contributed by atoms with van der Waals surface area (Å²) in [5.41, 5.74) is 1.92. The maximum atomic E-state index is 12.4. The molecule has 0 saturated carbocycles. The van der Waals surface area contributed by atoms with E-state index in [2.05, 4.69) is 9.97 Å². The zero-order chi connectivity index (χ0) is 20.4. The molecule has 3 aromatic heterocycles. The molecule has 1 aromatic carbocycles. The molecule has 0 bridgehead atoms. The number of hydrogen-bond acceptors (Lipinski definition) is 6. The van der Waals surface area contributed by atoms with Crippen LogP contribution in [-0.4, -0.2) is 24.9 Å². The number of hydrogen-bond donors (Lipinski definition) is 0. The maximum absolute atomic E-state index is 12.4. The molecule has 0 aliphatic carbocycles. The van der Waals surface area contributed by atoms with E-state index < -0.39 is 5.97 Å². The number of pyridine rings is 1. The molecule has 0 spiro atoms. The summed E-state index contributed by atoms with van der Waals surface area (Å²) in [6.45, 7) is 1.90. The molecule has 4 rings (SSSR count). The molecule has 0 saturated heterocycles. The second kappa shape index (κ2) is 7.67. The third-order valence-corrected chi connectivity index (χ3v) is 4.61. The summed E-state index contributed by atoms with van der Waals surface area (Å²) in [7, 11) is 0. The Bertz CT molecular complexity index is 1340. The van der Waals surface area contributed by atoms with Crippen LogP contribution >= 0.6 is 0 Å².